The maximum atomic E-state index is 13.9. The van der Waals surface area contributed by atoms with Crippen LogP contribution in [0.15, 0.2) is 0 Å². The summed E-state index contributed by atoms with van der Waals surface area (Å²) in [6, 6.07) is -4.19. The molecule has 0 aromatic heterocycles. The number of ketones is 1. The van der Waals surface area contributed by atoms with Crippen LogP contribution in [0.5, 0.6) is 0 Å². The van der Waals surface area contributed by atoms with E-state index >= 15 is 0 Å². The number of aliphatic hydroxyl groups excluding tert-OH is 2. The van der Waals surface area contributed by atoms with E-state index in [0.29, 0.717) is 0 Å². The summed E-state index contributed by atoms with van der Waals surface area (Å²) in [6.45, 7) is 5.59. The molecule has 1 heterocycles. The number of hydrogen-bond donors (Lipinski definition) is 6. The average molecular weight is 593 g/mol. The number of urea groups is 1. The minimum atomic E-state index is -1.33. The Hall–Kier alpha value is -2.15. The standard InChI is InChI=1S/C25H39Cl2N5O7/c1-23(2,3)18(30-22(39)31-24(4,10-33)11-34)21(38)32-9-13-15(25(13,26)27)16(32)20(37)29-14(17(35)19(28)36)8-12-6-5-7-12/h12-16,18,33-34H,5-11H2,1-4H3,(H2,28,36)(H,29,37)(H2,30,31,39)/t13-,14?,15-,16-,18+/m0/s1. The molecule has 1 unspecified atom stereocenters. The van der Waals surface area contributed by atoms with Gasteiger partial charge in [0, 0.05) is 18.4 Å². The Kier molecular flexibility index (Phi) is 9.16. The normalized spacial score (nSPS) is 25.5. The molecule has 2 saturated carbocycles. The number of primary amides is 1. The predicted octanol–water partition coefficient (Wildman–Crippen LogP) is -0.196. The first kappa shape index (κ1) is 31.4. The van der Waals surface area contributed by atoms with Crippen LogP contribution >= 0.6 is 23.2 Å². The zero-order valence-corrected chi connectivity index (χ0v) is 24.1. The van der Waals surface area contributed by atoms with Crippen molar-refractivity contribution in [2.24, 2.45) is 28.9 Å². The van der Waals surface area contributed by atoms with Crippen LogP contribution in [0.25, 0.3) is 0 Å². The number of aliphatic hydroxyl groups is 2. The molecule has 0 spiro atoms. The lowest BCUT2D eigenvalue weighted by Crippen LogP contribution is -2.63. The minimum Gasteiger partial charge on any atom is -0.394 e. The first-order chi connectivity index (χ1) is 18.0. The van der Waals surface area contributed by atoms with Crippen LogP contribution < -0.4 is 21.7 Å². The van der Waals surface area contributed by atoms with Gasteiger partial charge in [-0.2, -0.15) is 0 Å². The summed E-state index contributed by atoms with van der Waals surface area (Å²) in [7, 11) is 0. The molecule has 5 amide bonds. The Morgan fingerprint density at radius 3 is 2.10 bits per heavy atom. The minimum absolute atomic E-state index is 0.0481. The summed E-state index contributed by atoms with van der Waals surface area (Å²) in [5.74, 6) is -4.16. The second kappa shape index (κ2) is 11.4. The highest BCUT2D eigenvalue weighted by Crippen LogP contribution is 2.65. The molecule has 3 aliphatic rings. The first-order valence-corrected chi connectivity index (χ1v) is 13.8. The molecular formula is C25H39Cl2N5O7. The van der Waals surface area contributed by atoms with E-state index in [1.54, 1.807) is 20.8 Å². The van der Waals surface area contributed by atoms with Gasteiger partial charge in [-0.05, 0) is 24.7 Å². The molecule has 2 aliphatic carbocycles. The summed E-state index contributed by atoms with van der Waals surface area (Å²) in [5, 5.41) is 26.7. The van der Waals surface area contributed by atoms with Crippen molar-refractivity contribution in [2.75, 3.05) is 19.8 Å². The fraction of sp³-hybridized carbons (Fsp3) is 0.800. The smallest absolute Gasteiger partial charge is 0.316 e. The third kappa shape index (κ3) is 6.61. The molecular weight excluding hydrogens is 553 g/mol. The number of nitrogens with one attached hydrogen (secondary N) is 3. The lowest BCUT2D eigenvalue weighted by atomic mass is 9.80. The van der Waals surface area contributed by atoms with Crippen LogP contribution in [0.1, 0.15) is 53.4 Å². The summed E-state index contributed by atoms with van der Waals surface area (Å²) >= 11 is 12.8. The van der Waals surface area contributed by atoms with Gasteiger partial charge in [-0.3, -0.25) is 19.2 Å². The van der Waals surface area contributed by atoms with Gasteiger partial charge in [-0.1, -0.05) is 40.0 Å². The van der Waals surface area contributed by atoms with E-state index in [0.717, 1.165) is 19.3 Å². The second-order valence-electron chi connectivity index (χ2n) is 12.3. The van der Waals surface area contributed by atoms with Crippen molar-refractivity contribution >= 4 is 52.7 Å². The Morgan fingerprint density at radius 2 is 1.64 bits per heavy atom. The second-order valence-corrected chi connectivity index (χ2v) is 13.8. The Bertz CT molecular complexity index is 1010. The molecule has 7 N–H and O–H groups in total. The molecule has 0 aromatic carbocycles. The van der Waals surface area contributed by atoms with E-state index < -0.39 is 88.0 Å². The van der Waals surface area contributed by atoms with E-state index in [4.69, 9.17) is 28.9 Å². The topological polar surface area (TPSA) is 191 Å². The SMILES string of the molecule is CC(CO)(CO)NC(=O)N[C@H](C(=O)N1C[C@H]2[C@@H]([C@H]1C(=O)NC(CC1CCC1)C(=O)C(N)=O)C2(Cl)Cl)C(C)(C)C. The maximum absolute atomic E-state index is 13.9. The molecule has 12 nitrogen and oxygen atoms in total. The van der Waals surface area contributed by atoms with Crippen molar-refractivity contribution < 1.29 is 34.2 Å². The van der Waals surface area contributed by atoms with Gasteiger partial charge in [0.1, 0.15) is 16.4 Å². The highest BCUT2D eigenvalue weighted by molar-refractivity contribution is 6.51. The lowest BCUT2D eigenvalue weighted by Gasteiger charge is -2.38. The van der Waals surface area contributed by atoms with Gasteiger partial charge in [0.25, 0.3) is 5.91 Å². The van der Waals surface area contributed by atoms with Crippen molar-refractivity contribution in [3.05, 3.63) is 0 Å². The maximum Gasteiger partial charge on any atom is 0.316 e. The fourth-order valence-electron chi connectivity index (χ4n) is 5.24. The number of piperidine rings is 1. The van der Waals surface area contributed by atoms with E-state index in [2.05, 4.69) is 16.0 Å². The lowest BCUT2D eigenvalue weighted by molar-refractivity contribution is -0.144. The molecule has 5 atom stereocenters. The van der Waals surface area contributed by atoms with Gasteiger partial charge < -0.3 is 36.8 Å². The number of carbonyl (C=O) groups excluding carboxylic acids is 5. The molecule has 3 rings (SSSR count). The molecule has 0 radical (unpaired) electrons. The number of Topliss-reactive ketones (excluding diaryl/α,β-unsaturated/α-hetero) is 1. The number of alkyl halides is 2. The number of fused-ring (bicyclic) bond motifs is 1. The number of halogens is 2. The first-order valence-electron chi connectivity index (χ1n) is 13.1. The van der Waals surface area contributed by atoms with E-state index in [-0.39, 0.29) is 18.9 Å². The molecule has 0 aromatic rings. The van der Waals surface area contributed by atoms with E-state index in [9.17, 15) is 34.2 Å². The van der Waals surface area contributed by atoms with Crippen molar-refractivity contribution in [3.63, 3.8) is 0 Å². The largest absolute Gasteiger partial charge is 0.394 e. The van der Waals surface area contributed by atoms with Gasteiger partial charge in [0.2, 0.25) is 17.6 Å². The Balaban J connectivity index is 1.83. The number of carbonyl (C=O) groups is 5. The Morgan fingerprint density at radius 1 is 1.05 bits per heavy atom. The quantitative estimate of drug-likeness (QED) is 0.141. The fourth-order valence-corrected chi connectivity index (χ4v) is 6.07. The molecule has 220 valence electrons. The van der Waals surface area contributed by atoms with Gasteiger partial charge >= 0.3 is 6.03 Å². The van der Waals surface area contributed by atoms with Crippen molar-refractivity contribution in [1.82, 2.24) is 20.9 Å². The van der Waals surface area contributed by atoms with Crippen molar-refractivity contribution in [1.29, 1.82) is 0 Å². The summed E-state index contributed by atoms with van der Waals surface area (Å²) < 4.78 is -1.25. The molecule has 0 bridgehead atoms. The number of rotatable bonds is 11. The summed E-state index contributed by atoms with van der Waals surface area (Å²) in [6.07, 6.45) is 3.00. The van der Waals surface area contributed by atoms with Gasteiger partial charge in [0.05, 0.1) is 24.8 Å². The predicted molar refractivity (Wildman–Crippen MR) is 142 cm³/mol. The van der Waals surface area contributed by atoms with Crippen LogP contribution in [-0.4, -0.2) is 92.4 Å². The average Bonchev–Trinajstić information content (AvgIpc) is 3.15. The van der Waals surface area contributed by atoms with Crippen LogP contribution in [0.2, 0.25) is 0 Å². The van der Waals surface area contributed by atoms with Gasteiger partial charge in [-0.15, -0.1) is 23.2 Å². The van der Waals surface area contributed by atoms with Crippen molar-refractivity contribution in [3.8, 4) is 0 Å². The monoisotopic (exact) mass is 591 g/mol. The van der Waals surface area contributed by atoms with Gasteiger partial charge in [0.15, 0.2) is 0 Å². The number of nitrogens with two attached hydrogens (primary N) is 1. The Labute approximate surface area is 237 Å². The van der Waals surface area contributed by atoms with Crippen LogP contribution in [0, 0.1) is 23.2 Å². The van der Waals surface area contributed by atoms with Gasteiger partial charge in [-0.25, -0.2) is 4.79 Å². The molecule has 1 aliphatic heterocycles. The van der Waals surface area contributed by atoms with Crippen LogP contribution in [0.3, 0.4) is 0 Å². The number of nitrogens with zero attached hydrogens (tertiary/aromatic N) is 1. The van der Waals surface area contributed by atoms with E-state index in [1.165, 1.54) is 11.8 Å². The van der Waals surface area contributed by atoms with E-state index in [1.807, 2.05) is 0 Å². The van der Waals surface area contributed by atoms with Crippen LogP contribution in [-0.2, 0) is 19.2 Å². The molecule has 1 saturated heterocycles. The van der Waals surface area contributed by atoms with Crippen molar-refractivity contribution in [2.45, 2.75) is 81.4 Å². The summed E-state index contributed by atoms with van der Waals surface area (Å²) in [4.78, 5) is 65.7. The molecule has 39 heavy (non-hydrogen) atoms. The third-order valence-electron chi connectivity index (χ3n) is 8.06. The number of amides is 5. The number of hydrogen-bond acceptors (Lipinski definition) is 7. The molecule has 3 fully saturated rings. The number of likely N-dealkylation sites (tertiary alicyclic amines) is 1. The highest BCUT2D eigenvalue weighted by atomic mass is 35.5. The van der Waals surface area contributed by atoms with Crippen LogP contribution in [0.4, 0.5) is 4.79 Å². The highest BCUT2D eigenvalue weighted by Gasteiger charge is 2.74. The summed E-state index contributed by atoms with van der Waals surface area (Å²) in [5.41, 5.74) is 3.09. The zero-order valence-electron chi connectivity index (χ0n) is 22.6. The zero-order chi connectivity index (χ0) is 29.5. The molecule has 14 heteroatoms. The third-order valence-corrected chi connectivity index (χ3v) is 9.12.